The monoisotopic (exact) mass is 322 g/mol. The Labute approximate surface area is 117 Å². The number of carboxylic acid groups (broad SMARTS) is 2. The highest BCUT2D eigenvalue weighted by molar-refractivity contribution is 9.10. The predicted octanol–water partition coefficient (Wildman–Crippen LogP) is 3.68. The number of aliphatic carboxylic acids is 2. The van der Waals surface area contributed by atoms with E-state index in [1.807, 2.05) is 13.8 Å². The van der Waals surface area contributed by atoms with Gasteiger partial charge in [-0.2, -0.15) is 0 Å². The van der Waals surface area contributed by atoms with Gasteiger partial charge >= 0.3 is 11.9 Å². The number of carboxylic acids is 2. The van der Waals surface area contributed by atoms with Crippen molar-refractivity contribution in [3.8, 4) is 0 Å². The van der Waals surface area contributed by atoms with Crippen molar-refractivity contribution in [1.82, 2.24) is 0 Å². The Bertz CT molecular complexity index is 279. The first-order chi connectivity index (χ1) is 8.26. The van der Waals surface area contributed by atoms with Gasteiger partial charge in [-0.05, 0) is 12.8 Å². The summed E-state index contributed by atoms with van der Waals surface area (Å²) in [6, 6.07) is 0. The van der Waals surface area contributed by atoms with Crippen molar-refractivity contribution in [3.63, 3.8) is 0 Å². The van der Waals surface area contributed by atoms with Crippen molar-refractivity contribution in [2.24, 2.45) is 5.41 Å². The molecule has 0 unspecified atom stereocenters. The molecule has 0 aliphatic heterocycles. The van der Waals surface area contributed by atoms with Gasteiger partial charge in [-0.1, -0.05) is 62.4 Å². The van der Waals surface area contributed by atoms with Crippen molar-refractivity contribution in [2.45, 2.75) is 63.6 Å². The SMILES string of the molecule is CCCCC(C)(CCCC)C(Br)(C(=O)O)C(=O)O. The van der Waals surface area contributed by atoms with Crippen molar-refractivity contribution >= 4 is 27.9 Å². The van der Waals surface area contributed by atoms with Crippen LogP contribution in [0.15, 0.2) is 0 Å². The van der Waals surface area contributed by atoms with Crippen LogP contribution in [0.4, 0.5) is 0 Å². The van der Waals surface area contributed by atoms with Crippen LogP contribution in [0.5, 0.6) is 0 Å². The molecule has 0 heterocycles. The van der Waals surface area contributed by atoms with Gasteiger partial charge < -0.3 is 10.2 Å². The first-order valence-corrected chi connectivity index (χ1v) is 7.21. The Morgan fingerprint density at radius 1 is 1.00 bits per heavy atom. The standard InChI is InChI=1S/C13H23BrO4/c1-4-6-8-12(3,9-7-5-2)13(14,10(15)16)11(17)18/h4-9H2,1-3H3,(H,15,16)(H,17,18). The third-order valence-corrected chi connectivity index (χ3v) is 5.22. The molecule has 0 amide bonds. The molecule has 0 saturated carbocycles. The molecule has 0 atom stereocenters. The van der Waals surface area contributed by atoms with E-state index in [9.17, 15) is 19.8 Å². The summed E-state index contributed by atoms with van der Waals surface area (Å²) in [5.74, 6) is -2.63. The van der Waals surface area contributed by atoms with E-state index < -0.39 is 21.7 Å². The molecule has 0 aromatic rings. The van der Waals surface area contributed by atoms with Crippen molar-refractivity contribution < 1.29 is 19.8 Å². The van der Waals surface area contributed by atoms with Crippen LogP contribution in [-0.2, 0) is 9.59 Å². The second kappa shape index (κ2) is 7.12. The number of alkyl halides is 1. The van der Waals surface area contributed by atoms with Crippen LogP contribution in [0.1, 0.15) is 59.3 Å². The Balaban J connectivity index is 5.35. The van der Waals surface area contributed by atoms with Gasteiger partial charge in [0.1, 0.15) is 0 Å². The Hall–Kier alpha value is -0.580. The molecule has 0 radical (unpaired) electrons. The zero-order valence-electron chi connectivity index (χ0n) is 11.3. The number of hydrogen-bond donors (Lipinski definition) is 2. The average molecular weight is 323 g/mol. The minimum absolute atomic E-state index is 0.591. The van der Waals surface area contributed by atoms with E-state index in [2.05, 4.69) is 15.9 Å². The number of hydrogen-bond acceptors (Lipinski definition) is 2. The molecule has 0 fully saturated rings. The highest BCUT2D eigenvalue weighted by Crippen LogP contribution is 2.47. The smallest absolute Gasteiger partial charge is 0.332 e. The van der Waals surface area contributed by atoms with Gasteiger partial charge in [0, 0.05) is 5.41 Å². The predicted molar refractivity (Wildman–Crippen MR) is 74.1 cm³/mol. The van der Waals surface area contributed by atoms with Crippen LogP contribution in [-0.4, -0.2) is 26.5 Å². The summed E-state index contributed by atoms with van der Waals surface area (Å²) >= 11 is 3.00. The van der Waals surface area contributed by atoms with Gasteiger partial charge in [-0.3, -0.25) is 9.59 Å². The third-order valence-electron chi connectivity index (χ3n) is 3.59. The molecular formula is C13H23BrO4. The van der Waals surface area contributed by atoms with Crippen LogP contribution in [0.2, 0.25) is 0 Å². The number of rotatable bonds is 9. The summed E-state index contributed by atoms with van der Waals surface area (Å²) in [6.45, 7) is 5.78. The minimum atomic E-state index is -1.90. The van der Waals surface area contributed by atoms with Crippen molar-refractivity contribution in [2.75, 3.05) is 0 Å². The zero-order valence-corrected chi connectivity index (χ0v) is 12.9. The topological polar surface area (TPSA) is 74.6 Å². The largest absolute Gasteiger partial charge is 0.480 e. The van der Waals surface area contributed by atoms with Crippen molar-refractivity contribution in [3.05, 3.63) is 0 Å². The first-order valence-electron chi connectivity index (χ1n) is 6.42. The molecule has 0 rings (SSSR count). The second-order valence-electron chi connectivity index (χ2n) is 5.04. The lowest BCUT2D eigenvalue weighted by Gasteiger charge is -2.39. The maximum Gasteiger partial charge on any atom is 0.332 e. The lowest BCUT2D eigenvalue weighted by molar-refractivity contribution is -0.157. The Morgan fingerprint density at radius 3 is 1.56 bits per heavy atom. The maximum atomic E-state index is 11.4. The molecule has 0 aliphatic carbocycles. The molecule has 0 aliphatic rings. The van der Waals surface area contributed by atoms with E-state index in [1.54, 1.807) is 6.92 Å². The van der Waals surface area contributed by atoms with E-state index in [0.29, 0.717) is 12.8 Å². The molecule has 2 N–H and O–H groups in total. The van der Waals surface area contributed by atoms with Crippen molar-refractivity contribution in [1.29, 1.82) is 0 Å². The van der Waals surface area contributed by atoms with Gasteiger partial charge in [0.25, 0.3) is 0 Å². The fraction of sp³-hybridized carbons (Fsp3) is 0.846. The van der Waals surface area contributed by atoms with E-state index in [1.165, 1.54) is 0 Å². The van der Waals surface area contributed by atoms with E-state index in [-0.39, 0.29) is 0 Å². The summed E-state index contributed by atoms with van der Waals surface area (Å²) in [4.78, 5) is 22.8. The lowest BCUT2D eigenvalue weighted by atomic mass is 9.70. The first kappa shape index (κ1) is 17.4. The molecular weight excluding hydrogens is 300 g/mol. The van der Waals surface area contributed by atoms with E-state index >= 15 is 0 Å². The van der Waals surface area contributed by atoms with Gasteiger partial charge in [0.2, 0.25) is 4.32 Å². The van der Waals surface area contributed by atoms with Crippen LogP contribution in [0, 0.1) is 5.41 Å². The quantitative estimate of drug-likeness (QED) is 0.501. The minimum Gasteiger partial charge on any atom is -0.480 e. The fourth-order valence-electron chi connectivity index (χ4n) is 2.21. The van der Waals surface area contributed by atoms with Crippen LogP contribution < -0.4 is 0 Å². The van der Waals surface area contributed by atoms with Gasteiger partial charge in [0.05, 0.1) is 0 Å². The third kappa shape index (κ3) is 3.46. The summed E-state index contributed by atoms with van der Waals surface area (Å²) in [5.41, 5.74) is -0.781. The normalized spacial score (nSPS) is 12.4. The van der Waals surface area contributed by atoms with Gasteiger partial charge in [0.15, 0.2) is 0 Å². The molecule has 4 nitrogen and oxygen atoms in total. The molecule has 0 bridgehead atoms. The van der Waals surface area contributed by atoms with E-state index in [4.69, 9.17) is 0 Å². The van der Waals surface area contributed by atoms with Crippen LogP contribution in [0.3, 0.4) is 0 Å². The summed E-state index contributed by atoms with van der Waals surface area (Å²) in [6.07, 6.45) is 4.68. The highest BCUT2D eigenvalue weighted by atomic mass is 79.9. The molecule has 18 heavy (non-hydrogen) atoms. The van der Waals surface area contributed by atoms with Crippen LogP contribution in [0.25, 0.3) is 0 Å². The molecule has 0 aromatic heterocycles. The number of halogens is 1. The molecule has 5 heteroatoms. The van der Waals surface area contributed by atoms with Gasteiger partial charge in [-0.25, -0.2) is 0 Å². The molecule has 0 aromatic carbocycles. The molecule has 0 saturated heterocycles. The Kier molecular flexibility index (Phi) is 6.89. The molecule has 0 spiro atoms. The lowest BCUT2D eigenvalue weighted by Crippen LogP contribution is -2.53. The number of unbranched alkanes of at least 4 members (excludes halogenated alkanes) is 2. The summed E-state index contributed by atoms with van der Waals surface area (Å²) < 4.78 is -1.90. The van der Waals surface area contributed by atoms with Crippen LogP contribution >= 0.6 is 15.9 Å². The maximum absolute atomic E-state index is 11.4. The molecule has 106 valence electrons. The van der Waals surface area contributed by atoms with Gasteiger partial charge in [-0.15, -0.1) is 0 Å². The average Bonchev–Trinajstić information content (AvgIpc) is 2.32. The fourth-order valence-corrected chi connectivity index (χ4v) is 2.61. The van der Waals surface area contributed by atoms with E-state index in [0.717, 1.165) is 25.7 Å². The summed E-state index contributed by atoms with van der Waals surface area (Å²) in [7, 11) is 0. The zero-order chi connectivity index (χ0) is 14.4. The summed E-state index contributed by atoms with van der Waals surface area (Å²) in [5, 5.41) is 18.6. The second-order valence-corrected chi connectivity index (χ2v) is 6.23. The Morgan fingerprint density at radius 2 is 1.33 bits per heavy atom. The number of carbonyl (C=O) groups is 2. The highest BCUT2D eigenvalue weighted by Gasteiger charge is 2.57.